The number of hydrogen-bond acceptors (Lipinski definition) is 3. The molecule has 2 aliphatic carbocycles. The third-order valence-electron chi connectivity index (χ3n) is 5.09. The average molecular weight is 254 g/mol. The average Bonchev–Trinajstić information content (AvgIpc) is 2.35. The molecule has 0 amide bonds. The fourth-order valence-corrected chi connectivity index (χ4v) is 3.42. The number of nitrogens with two attached hydrogens (primary N) is 1. The van der Waals surface area contributed by atoms with Gasteiger partial charge in [0.05, 0.1) is 6.10 Å². The maximum Gasteiger partial charge on any atom is 0.0655 e. The first-order chi connectivity index (χ1) is 8.54. The SMILES string of the molecule is CCOC1CC(NCC2CCC(N)CC2)C1(C)C. The Hall–Kier alpha value is -0.120. The first-order valence-electron chi connectivity index (χ1n) is 7.64. The third kappa shape index (κ3) is 3.06. The molecule has 2 atom stereocenters. The van der Waals surface area contributed by atoms with Crippen molar-refractivity contribution in [2.75, 3.05) is 13.2 Å². The van der Waals surface area contributed by atoms with E-state index < -0.39 is 0 Å². The number of ether oxygens (including phenoxy) is 1. The molecule has 2 saturated carbocycles. The van der Waals surface area contributed by atoms with E-state index in [0.717, 1.165) is 12.5 Å². The fraction of sp³-hybridized carbons (Fsp3) is 1.00. The van der Waals surface area contributed by atoms with Gasteiger partial charge in [-0.15, -0.1) is 0 Å². The maximum absolute atomic E-state index is 5.95. The van der Waals surface area contributed by atoms with Gasteiger partial charge in [0.25, 0.3) is 0 Å². The smallest absolute Gasteiger partial charge is 0.0655 e. The molecule has 3 N–H and O–H groups in total. The molecule has 0 bridgehead atoms. The Bertz CT molecular complexity index is 259. The predicted octanol–water partition coefficient (Wildman–Crippen LogP) is 2.30. The van der Waals surface area contributed by atoms with Crippen molar-refractivity contribution in [1.82, 2.24) is 5.32 Å². The molecule has 0 aliphatic heterocycles. The molecule has 2 rings (SSSR count). The number of nitrogens with one attached hydrogen (secondary N) is 1. The quantitative estimate of drug-likeness (QED) is 0.791. The molecule has 0 aromatic heterocycles. The molecule has 0 saturated heterocycles. The zero-order chi connectivity index (χ0) is 13.2. The summed E-state index contributed by atoms with van der Waals surface area (Å²) in [7, 11) is 0. The van der Waals surface area contributed by atoms with Gasteiger partial charge < -0.3 is 15.8 Å². The third-order valence-corrected chi connectivity index (χ3v) is 5.09. The van der Waals surface area contributed by atoms with Crippen LogP contribution < -0.4 is 11.1 Å². The largest absolute Gasteiger partial charge is 0.378 e. The van der Waals surface area contributed by atoms with Crippen molar-refractivity contribution >= 4 is 0 Å². The minimum Gasteiger partial charge on any atom is -0.378 e. The van der Waals surface area contributed by atoms with Crippen LogP contribution in [0.3, 0.4) is 0 Å². The maximum atomic E-state index is 5.95. The summed E-state index contributed by atoms with van der Waals surface area (Å²) in [5.74, 6) is 0.840. The van der Waals surface area contributed by atoms with E-state index in [1.54, 1.807) is 0 Å². The zero-order valence-electron chi connectivity index (χ0n) is 12.2. The molecular formula is C15H30N2O. The molecule has 106 valence electrons. The molecule has 3 nitrogen and oxygen atoms in total. The van der Waals surface area contributed by atoms with E-state index in [9.17, 15) is 0 Å². The van der Waals surface area contributed by atoms with Gasteiger partial charge >= 0.3 is 0 Å². The van der Waals surface area contributed by atoms with Gasteiger partial charge in [-0.2, -0.15) is 0 Å². The van der Waals surface area contributed by atoms with Gasteiger partial charge in [-0.3, -0.25) is 0 Å². The molecule has 0 aromatic rings. The Morgan fingerprint density at radius 2 is 1.89 bits per heavy atom. The molecule has 18 heavy (non-hydrogen) atoms. The van der Waals surface area contributed by atoms with Gasteiger partial charge in [-0.05, 0) is 51.5 Å². The Morgan fingerprint density at radius 1 is 1.22 bits per heavy atom. The van der Waals surface area contributed by atoms with Crippen LogP contribution in [-0.2, 0) is 4.74 Å². The highest BCUT2D eigenvalue weighted by Crippen LogP contribution is 2.42. The highest BCUT2D eigenvalue weighted by Gasteiger charge is 2.48. The van der Waals surface area contributed by atoms with Crippen LogP contribution in [0.2, 0.25) is 0 Å². The van der Waals surface area contributed by atoms with Gasteiger partial charge in [0.1, 0.15) is 0 Å². The number of hydrogen-bond donors (Lipinski definition) is 2. The summed E-state index contributed by atoms with van der Waals surface area (Å²) in [4.78, 5) is 0. The molecular weight excluding hydrogens is 224 g/mol. The highest BCUT2D eigenvalue weighted by atomic mass is 16.5. The normalized spacial score (nSPS) is 39.3. The van der Waals surface area contributed by atoms with Crippen LogP contribution in [0.15, 0.2) is 0 Å². The van der Waals surface area contributed by atoms with E-state index in [0.29, 0.717) is 23.6 Å². The molecule has 3 heteroatoms. The van der Waals surface area contributed by atoms with Crippen molar-refractivity contribution in [1.29, 1.82) is 0 Å². The molecule has 0 aromatic carbocycles. The van der Waals surface area contributed by atoms with Gasteiger partial charge in [-0.1, -0.05) is 13.8 Å². The topological polar surface area (TPSA) is 47.3 Å². The van der Waals surface area contributed by atoms with Crippen LogP contribution in [0.25, 0.3) is 0 Å². The van der Waals surface area contributed by atoms with Gasteiger partial charge in [-0.25, -0.2) is 0 Å². The Labute approximate surface area is 112 Å². The monoisotopic (exact) mass is 254 g/mol. The summed E-state index contributed by atoms with van der Waals surface area (Å²) in [5.41, 5.74) is 6.24. The second-order valence-corrected chi connectivity index (χ2v) is 6.74. The van der Waals surface area contributed by atoms with Crippen molar-refractivity contribution in [3.05, 3.63) is 0 Å². The zero-order valence-corrected chi connectivity index (χ0v) is 12.2. The van der Waals surface area contributed by atoms with E-state index in [2.05, 4.69) is 26.1 Å². The lowest BCUT2D eigenvalue weighted by Crippen LogP contribution is -2.61. The van der Waals surface area contributed by atoms with Crippen LogP contribution >= 0.6 is 0 Å². The van der Waals surface area contributed by atoms with Crippen molar-refractivity contribution in [2.24, 2.45) is 17.1 Å². The lowest BCUT2D eigenvalue weighted by atomic mass is 9.64. The summed E-state index contributed by atoms with van der Waals surface area (Å²) >= 11 is 0. The Balaban J connectivity index is 1.69. The van der Waals surface area contributed by atoms with Crippen molar-refractivity contribution in [3.63, 3.8) is 0 Å². The van der Waals surface area contributed by atoms with Crippen molar-refractivity contribution in [2.45, 2.75) is 71.1 Å². The molecule has 0 heterocycles. The molecule has 2 fully saturated rings. The predicted molar refractivity (Wildman–Crippen MR) is 75.5 cm³/mol. The van der Waals surface area contributed by atoms with E-state index in [4.69, 9.17) is 10.5 Å². The number of rotatable bonds is 5. The molecule has 0 radical (unpaired) electrons. The van der Waals surface area contributed by atoms with Crippen LogP contribution in [0.1, 0.15) is 52.9 Å². The van der Waals surface area contributed by atoms with Crippen LogP contribution in [0, 0.1) is 11.3 Å². The van der Waals surface area contributed by atoms with Crippen LogP contribution in [-0.4, -0.2) is 31.3 Å². The molecule has 0 spiro atoms. The molecule has 2 aliphatic rings. The van der Waals surface area contributed by atoms with E-state index in [1.807, 2.05) is 0 Å². The Morgan fingerprint density at radius 3 is 2.44 bits per heavy atom. The summed E-state index contributed by atoms with van der Waals surface area (Å²) in [6.45, 7) is 8.74. The minimum atomic E-state index is 0.293. The van der Waals surface area contributed by atoms with Gasteiger partial charge in [0.15, 0.2) is 0 Å². The highest BCUT2D eigenvalue weighted by molar-refractivity contribution is 5.02. The first-order valence-corrected chi connectivity index (χ1v) is 7.64. The minimum absolute atomic E-state index is 0.293. The van der Waals surface area contributed by atoms with Crippen LogP contribution in [0.4, 0.5) is 0 Å². The van der Waals surface area contributed by atoms with Gasteiger partial charge in [0, 0.05) is 24.1 Å². The Kier molecular flexibility index (Phi) is 4.68. The van der Waals surface area contributed by atoms with E-state index in [1.165, 1.54) is 38.6 Å². The summed E-state index contributed by atoms with van der Waals surface area (Å²) < 4.78 is 5.77. The van der Waals surface area contributed by atoms with Crippen molar-refractivity contribution in [3.8, 4) is 0 Å². The second kappa shape index (κ2) is 5.89. The lowest BCUT2D eigenvalue weighted by molar-refractivity contribution is -0.114. The second-order valence-electron chi connectivity index (χ2n) is 6.74. The van der Waals surface area contributed by atoms with E-state index >= 15 is 0 Å². The summed E-state index contributed by atoms with van der Waals surface area (Å²) in [6, 6.07) is 1.09. The first kappa shape index (κ1) is 14.3. The van der Waals surface area contributed by atoms with Gasteiger partial charge in [0.2, 0.25) is 0 Å². The standard InChI is InChI=1S/C15H30N2O/c1-4-18-14-9-13(15(14,2)3)17-10-11-5-7-12(16)8-6-11/h11-14,17H,4-10,16H2,1-3H3. The lowest BCUT2D eigenvalue weighted by Gasteiger charge is -2.52. The van der Waals surface area contributed by atoms with Crippen molar-refractivity contribution < 1.29 is 4.74 Å². The van der Waals surface area contributed by atoms with Crippen LogP contribution in [0.5, 0.6) is 0 Å². The fourth-order valence-electron chi connectivity index (χ4n) is 3.42. The molecule has 2 unspecified atom stereocenters. The summed E-state index contributed by atoms with van der Waals surface area (Å²) in [6.07, 6.45) is 6.64. The van der Waals surface area contributed by atoms with E-state index in [-0.39, 0.29) is 0 Å². The summed E-state index contributed by atoms with van der Waals surface area (Å²) in [5, 5.41) is 3.76.